The van der Waals surface area contributed by atoms with Crippen molar-refractivity contribution in [2.24, 2.45) is 0 Å². The van der Waals surface area contributed by atoms with Crippen LogP contribution >= 0.6 is 11.6 Å². The van der Waals surface area contributed by atoms with Gasteiger partial charge >= 0.3 is 6.03 Å². The first kappa shape index (κ1) is 22.5. The van der Waals surface area contributed by atoms with E-state index in [9.17, 15) is 27.5 Å². The molecule has 2 saturated heterocycles. The van der Waals surface area contributed by atoms with E-state index in [-0.39, 0.29) is 40.6 Å². The van der Waals surface area contributed by atoms with Crippen molar-refractivity contribution < 1.29 is 27.5 Å². The number of piperidine rings is 1. The van der Waals surface area contributed by atoms with Crippen LogP contribution < -0.4 is 10.6 Å². The standard InChI is InChI=1S/C21H21ClFN3O5S/c1-11-16(23)3-2-4-17(11)24-21(29)25-18-8-7-15(22)20(19(18)28)32(30,31)26-12-5-6-13(26)10-14(27)9-12/h2-4,7-8,12-13,28H,5-6,9-10H2,1H3,(H2,24,25,29)/t12-,13+. The number of rotatable bonds is 4. The van der Waals surface area contributed by atoms with Gasteiger partial charge in [-0.25, -0.2) is 17.6 Å². The molecule has 4 rings (SSSR count). The predicted molar refractivity (Wildman–Crippen MR) is 117 cm³/mol. The Kier molecular flexibility index (Phi) is 5.87. The highest BCUT2D eigenvalue weighted by Crippen LogP contribution is 2.44. The number of fused-ring (bicyclic) bond motifs is 2. The number of phenolic OH excluding ortho intramolecular Hbond substituents is 1. The summed E-state index contributed by atoms with van der Waals surface area (Å²) in [6.07, 6.45) is 1.37. The Hall–Kier alpha value is -2.69. The Morgan fingerprint density at radius 1 is 1.12 bits per heavy atom. The summed E-state index contributed by atoms with van der Waals surface area (Å²) in [6.45, 7) is 1.49. The fraction of sp³-hybridized carbons (Fsp3) is 0.333. The van der Waals surface area contributed by atoms with Crippen molar-refractivity contribution in [1.82, 2.24) is 4.31 Å². The highest BCUT2D eigenvalue weighted by molar-refractivity contribution is 7.89. The van der Waals surface area contributed by atoms with Crippen LogP contribution in [0.4, 0.5) is 20.6 Å². The van der Waals surface area contributed by atoms with E-state index in [1.54, 1.807) is 0 Å². The number of urea groups is 1. The number of amides is 2. The number of aromatic hydroxyl groups is 1. The number of carbonyl (C=O) groups is 2. The van der Waals surface area contributed by atoms with E-state index in [1.165, 1.54) is 41.6 Å². The molecular weight excluding hydrogens is 461 g/mol. The average Bonchev–Trinajstić information content (AvgIpc) is 3.00. The zero-order chi connectivity index (χ0) is 23.2. The minimum absolute atomic E-state index is 0.0130. The highest BCUT2D eigenvalue weighted by Gasteiger charge is 2.48. The number of nitrogens with zero attached hydrogens (tertiary/aromatic N) is 1. The molecule has 8 nitrogen and oxygen atoms in total. The van der Waals surface area contributed by atoms with E-state index >= 15 is 0 Å². The van der Waals surface area contributed by atoms with Crippen molar-refractivity contribution in [2.45, 2.75) is 49.6 Å². The Balaban J connectivity index is 1.62. The van der Waals surface area contributed by atoms with Gasteiger partial charge in [0.15, 0.2) is 5.75 Å². The van der Waals surface area contributed by atoms with Crippen LogP contribution in [0.25, 0.3) is 0 Å². The van der Waals surface area contributed by atoms with Crippen LogP contribution in [0.3, 0.4) is 0 Å². The van der Waals surface area contributed by atoms with Crippen LogP contribution in [0.5, 0.6) is 5.75 Å². The minimum atomic E-state index is -4.23. The van der Waals surface area contributed by atoms with Gasteiger partial charge in [0.1, 0.15) is 16.5 Å². The van der Waals surface area contributed by atoms with Crippen molar-refractivity contribution >= 4 is 44.8 Å². The van der Waals surface area contributed by atoms with E-state index < -0.39 is 44.6 Å². The monoisotopic (exact) mass is 481 g/mol. The molecule has 2 aromatic rings. The van der Waals surface area contributed by atoms with Gasteiger partial charge in [-0.15, -0.1) is 0 Å². The first-order valence-corrected chi connectivity index (χ1v) is 11.8. The van der Waals surface area contributed by atoms with Gasteiger partial charge in [-0.3, -0.25) is 4.79 Å². The molecule has 0 aromatic heterocycles. The van der Waals surface area contributed by atoms with E-state index in [2.05, 4.69) is 10.6 Å². The maximum Gasteiger partial charge on any atom is 0.323 e. The molecule has 0 radical (unpaired) electrons. The van der Waals surface area contributed by atoms with Crippen molar-refractivity contribution in [3.63, 3.8) is 0 Å². The number of benzene rings is 2. The van der Waals surface area contributed by atoms with E-state index in [4.69, 9.17) is 11.6 Å². The van der Waals surface area contributed by atoms with Crippen molar-refractivity contribution in [1.29, 1.82) is 0 Å². The lowest BCUT2D eigenvalue weighted by Crippen LogP contribution is -2.46. The number of carbonyl (C=O) groups excluding carboxylic acids is 2. The molecule has 2 bridgehead atoms. The molecule has 2 heterocycles. The Morgan fingerprint density at radius 2 is 1.75 bits per heavy atom. The van der Waals surface area contributed by atoms with Gasteiger partial charge in [0.05, 0.1) is 10.7 Å². The molecule has 0 saturated carbocycles. The molecule has 2 fully saturated rings. The van der Waals surface area contributed by atoms with Crippen LogP contribution in [0, 0.1) is 12.7 Å². The lowest BCUT2D eigenvalue weighted by Gasteiger charge is -2.33. The Morgan fingerprint density at radius 3 is 2.41 bits per heavy atom. The van der Waals surface area contributed by atoms with Crippen LogP contribution in [0.1, 0.15) is 31.2 Å². The summed E-state index contributed by atoms with van der Waals surface area (Å²) in [5, 5.41) is 15.4. The van der Waals surface area contributed by atoms with Gasteiger partial charge in [-0.1, -0.05) is 17.7 Å². The first-order chi connectivity index (χ1) is 15.1. The summed E-state index contributed by atoms with van der Waals surface area (Å²) in [6, 6.07) is 4.96. The van der Waals surface area contributed by atoms with Crippen molar-refractivity contribution in [2.75, 3.05) is 10.6 Å². The molecule has 2 aliphatic heterocycles. The quantitative estimate of drug-likeness (QED) is 0.570. The zero-order valence-electron chi connectivity index (χ0n) is 17.1. The number of phenols is 1. The SMILES string of the molecule is Cc1c(F)cccc1NC(=O)Nc1ccc(Cl)c(S(=O)(=O)N2[C@@H]3CC[C@H]2CC(=O)C3)c1O. The lowest BCUT2D eigenvalue weighted by atomic mass is 10.0. The van der Waals surface area contributed by atoms with E-state index in [0.717, 1.165) is 0 Å². The zero-order valence-corrected chi connectivity index (χ0v) is 18.6. The van der Waals surface area contributed by atoms with Gasteiger partial charge in [0.25, 0.3) is 0 Å². The maximum absolute atomic E-state index is 13.7. The first-order valence-electron chi connectivity index (χ1n) is 9.99. The van der Waals surface area contributed by atoms with E-state index in [1.807, 2.05) is 0 Å². The second-order valence-corrected chi connectivity index (χ2v) is 10.1. The number of hydrogen-bond donors (Lipinski definition) is 3. The molecule has 32 heavy (non-hydrogen) atoms. The number of Topliss-reactive ketones (excluding diaryl/α,β-unsaturated/α-hetero) is 1. The molecular formula is C21H21ClFN3O5S. The van der Waals surface area contributed by atoms with Crippen LogP contribution in [-0.4, -0.2) is 41.7 Å². The molecule has 2 aromatic carbocycles. The molecule has 11 heteroatoms. The molecule has 2 atom stereocenters. The summed E-state index contributed by atoms with van der Waals surface area (Å²) in [5.41, 5.74) is 0.264. The Labute approximate surface area is 189 Å². The molecule has 3 N–H and O–H groups in total. The van der Waals surface area contributed by atoms with Gasteiger partial charge in [0, 0.05) is 36.2 Å². The fourth-order valence-electron chi connectivity index (χ4n) is 4.34. The third-order valence-electron chi connectivity index (χ3n) is 5.86. The van der Waals surface area contributed by atoms with Gasteiger partial charge in [0.2, 0.25) is 10.0 Å². The van der Waals surface area contributed by atoms with Crippen molar-refractivity contribution in [3.05, 3.63) is 46.7 Å². The van der Waals surface area contributed by atoms with Crippen molar-refractivity contribution in [3.8, 4) is 5.75 Å². The predicted octanol–water partition coefficient (Wildman–Crippen LogP) is 4.02. The number of anilines is 2. The molecule has 0 spiro atoms. The number of halogens is 2. The number of ketones is 1. The second-order valence-electron chi connectivity index (χ2n) is 7.93. The van der Waals surface area contributed by atoms with E-state index in [0.29, 0.717) is 12.8 Å². The van der Waals surface area contributed by atoms with Crippen LogP contribution in [-0.2, 0) is 14.8 Å². The number of nitrogens with one attached hydrogen (secondary N) is 2. The summed E-state index contributed by atoms with van der Waals surface area (Å²) < 4.78 is 41.8. The van der Waals surface area contributed by atoms with Crippen LogP contribution in [0.2, 0.25) is 5.02 Å². The van der Waals surface area contributed by atoms with Crippen LogP contribution in [0.15, 0.2) is 35.2 Å². The maximum atomic E-state index is 13.7. The van der Waals surface area contributed by atoms with Gasteiger partial charge < -0.3 is 15.7 Å². The summed E-state index contributed by atoms with van der Waals surface area (Å²) >= 11 is 6.15. The van der Waals surface area contributed by atoms with Gasteiger partial charge in [-0.05, 0) is 44.0 Å². The third-order valence-corrected chi connectivity index (χ3v) is 8.37. The molecule has 170 valence electrons. The minimum Gasteiger partial charge on any atom is -0.504 e. The number of hydrogen-bond acceptors (Lipinski definition) is 5. The molecule has 2 aliphatic rings. The summed E-state index contributed by atoms with van der Waals surface area (Å²) in [5.74, 6) is -1.20. The second kappa shape index (κ2) is 8.34. The highest BCUT2D eigenvalue weighted by atomic mass is 35.5. The summed E-state index contributed by atoms with van der Waals surface area (Å²) in [7, 11) is -4.23. The number of sulfonamides is 1. The fourth-order valence-corrected chi connectivity index (χ4v) is 6.81. The average molecular weight is 482 g/mol. The lowest BCUT2D eigenvalue weighted by molar-refractivity contribution is -0.122. The topological polar surface area (TPSA) is 116 Å². The molecule has 0 unspecified atom stereocenters. The smallest absolute Gasteiger partial charge is 0.323 e. The largest absolute Gasteiger partial charge is 0.504 e. The molecule has 0 aliphatic carbocycles. The Bertz CT molecular complexity index is 1200. The molecule has 2 amide bonds. The summed E-state index contributed by atoms with van der Waals surface area (Å²) in [4.78, 5) is 23.7. The normalized spacial score (nSPS) is 20.9. The van der Waals surface area contributed by atoms with Gasteiger partial charge in [-0.2, -0.15) is 4.31 Å². The third kappa shape index (κ3) is 3.94.